The first-order valence-corrected chi connectivity index (χ1v) is 8.46. The van der Waals surface area contributed by atoms with Crippen LogP contribution in [0.3, 0.4) is 0 Å². The van der Waals surface area contributed by atoms with Crippen LogP contribution in [-0.4, -0.2) is 44.0 Å². The molecule has 1 aliphatic heterocycles. The molecular weight excluding hydrogens is 323 g/mol. The average Bonchev–Trinajstić information content (AvgIpc) is 2.86. The summed E-state index contributed by atoms with van der Waals surface area (Å²) < 4.78 is 69.8. The van der Waals surface area contributed by atoms with E-state index in [1.54, 1.807) is 0 Å². The van der Waals surface area contributed by atoms with Crippen molar-refractivity contribution in [1.82, 2.24) is 14.3 Å². The Morgan fingerprint density at radius 2 is 2.23 bits per heavy atom. The number of hydrogen-bond acceptors (Lipinski definition) is 4. The molecule has 0 fully saturated rings. The van der Waals surface area contributed by atoms with E-state index in [-0.39, 0.29) is 24.8 Å². The molecule has 1 aromatic rings. The van der Waals surface area contributed by atoms with Crippen LogP contribution < -0.4 is 4.72 Å². The fourth-order valence-corrected chi connectivity index (χ4v) is 3.35. The molecule has 1 atom stereocenters. The maximum Gasteiger partial charge on any atom is 0.434 e. The summed E-state index contributed by atoms with van der Waals surface area (Å²) in [5.41, 5.74) is -0.899. The van der Waals surface area contributed by atoms with Gasteiger partial charge in [0.2, 0.25) is 10.0 Å². The highest BCUT2D eigenvalue weighted by Crippen LogP contribution is 2.30. The van der Waals surface area contributed by atoms with Gasteiger partial charge < -0.3 is 9.30 Å². The Morgan fingerprint density at radius 1 is 1.50 bits per heavy atom. The second-order valence-corrected chi connectivity index (χ2v) is 7.18. The molecule has 0 aliphatic carbocycles. The summed E-state index contributed by atoms with van der Waals surface area (Å²) in [5.74, 6) is 0.205. The molecule has 1 aromatic heterocycles. The lowest BCUT2D eigenvalue weighted by atomic mass is 10.00. The van der Waals surface area contributed by atoms with E-state index in [0.717, 1.165) is 6.20 Å². The van der Waals surface area contributed by atoms with Gasteiger partial charge in [0, 0.05) is 32.8 Å². The van der Waals surface area contributed by atoms with Crippen LogP contribution in [0.4, 0.5) is 13.2 Å². The summed E-state index contributed by atoms with van der Waals surface area (Å²) in [6, 6.07) is 0. The molecule has 10 heteroatoms. The van der Waals surface area contributed by atoms with Gasteiger partial charge in [-0.25, -0.2) is 18.1 Å². The Hall–Kier alpha value is -1.13. The van der Waals surface area contributed by atoms with Gasteiger partial charge in [-0.3, -0.25) is 0 Å². The molecular formula is C12H18F3N3O3S. The monoisotopic (exact) mass is 341 g/mol. The SMILES string of the molecule is COCCS(=O)(=O)NC[C@H]1CCc2nc(C(F)(F)F)cn2C1. The average molecular weight is 341 g/mol. The fraction of sp³-hybridized carbons (Fsp3) is 0.750. The summed E-state index contributed by atoms with van der Waals surface area (Å²) in [6.07, 6.45) is -2.47. The molecule has 0 aromatic carbocycles. The summed E-state index contributed by atoms with van der Waals surface area (Å²) in [4.78, 5) is 3.59. The number of aromatic nitrogens is 2. The van der Waals surface area contributed by atoms with Crippen LogP contribution in [0.5, 0.6) is 0 Å². The summed E-state index contributed by atoms with van der Waals surface area (Å²) in [7, 11) is -2.01. The normalized spacial score (nSPS) is 19.2. The summed E-state index contributed by atoms with van der Waals surface area (Å²) in [6.45, 7) is 0.622. The Balaban J connectivity index is 1.94. The van der Waals surface area contributed by atoms with Crippen molar-refractivity contribution in [3.63, 3.8) is 0 Å². The third-order valence-electron chi connectivity index (χ3n) is 3.53. The molecule has 2 heterocycles. The lowest BCUT2D eigenvalue weighted by Gasteiger charge is -2.23. The highest BCUT2D eigenvalue weighted by Gasteiger charge is 2.35. The van der Waals surface area contributed by atoms with Gasteiger partial charge in [0.1, 0.15) is 5.82 Å². The van der Waals surface area contributed by atoms with E-state index >= 15 is 0 Å². The van der Waals surface area contributed by atoms with Crippen LogP contribution in [0.25, 0.3) is 0 Å². The summed E-state index contributed by atoms with van der Waals surface area (Å²) in [5, 5.41) is 0. The quantitative estimate of drug-likeness (QED) is 0.839. The summed E-state index contributed by atoms with van der Waals surface area (Å²) >= 11 is 0. The Kier molecular flexibility index (Phi) is 5.13. The van der Waals surface area contributed by atoms with Gasteiger partial charge in [0.15, 0.2) is 5.69 Å². The second kappa shape index (κ2) is 6.55. The van der Waals surface area contributed by atoms with Gasteiger partial charge in [0.05, 0.1) is 12.4 Å². The van der Waals surface area contributed by atoms with Gasteiger partial charge in [-0.2, -0.15) is 13.2 Å². The number of nitrogens with zero attached hydrogens (tertiary/aromatic N) is 2. The van der Waals surface area contributed by atoms with Crippen LogP contribution >= 0.6 is 0 Å². The van der Waals surface area contributed by atoms with Gasteiger partial charge in [-0.05, 0) is 12.3 Å². The minimum Gasteiger partial charge on any atom is -0.384 e. The topological polar surface area (TPSA) is 73.2 Å². The zero-order chi connectivity index (χ0) is 16.4. The van der Waals surface area contributed by atoms with Crippen molar-refractivity contribution in [1.29, 1.82) is 0 Å². The Morgan fingerprint density at radius 3 is 2.86 bits per heavy atom. The van der Waals surface area contributed by atoms with Crippen molar-refractivity contribution in [2.75, 3.05) is 26.0 Å². The largest absolute Gasteiger partial charge is 0.434 e. The molecule has 0 saturated carbocycles. The first-order valence-electron chi connectivity index (χ1n) is 6.81. The van der Waals surface area contributed by atoms with Crippen molar-refractivity contribution < 1.29 is 26.3 Å². The van der Waals surface area contributed by atoms with Crippen molar-refractivity contribution in [2.24, 2.45) is 5.92 Å². The lowest BCUT2D eigenvalue weighted by Crippen LogP contribution is -2.35. The van der Waals surface area contributed by atoms with Gasteiger partial charge in [-0.15, -0.1) is 0 Å². The first-order chi connectivity index (χ1) is 10.2. The minimum atomic E-state index is -4.46. The van der Waals surface area contributed by atoms with Crippen molar-refractivity contribution in [3.05, 3.63) is 17.7 Å². The number of hydrogen-bond donors (Lipinski definition) is 1. The number of alkyl halides is 3. The van der Waals surface area contributed by atoms with E-state index < -0.39 is 21.9 Å². The molecule has 2 rings (SSSR count). The lowest BCUT2D eigenvalue weighted by molar-refractivity contribution is -0.141. The zero-order valence-corrected chi connectivity index (χ0v) is 12.9. The predicted octanol–water partition coefficient (Wildman–Crippen LogP) is 1.03. The first kappa shape index (κ1) is 17.2. The molecule has 1 N–H and O–H groups in total. The van der Waals surface area contributed by atoms with Crippen molar-refractivity contribution in [3.8, 4) is 0 Å². The molecule has 6 nitrogen and oxygen atoms in total. The van der Waals surface area contributed by atoms with Crippen molar-refractivity contribution >= 4 is 10.0 Å². The zero-order valence-electron chi connectivity index (χ0n) is 12.1. The number of halogens is 3. The van der Waals surface area contributed by atoms with Gasteiger partial charge in [0.25, 0.3) is 0 Å². The van der Waals surface area contributed by atoms with E-state index in [1.165, 1.54) is 11.7 Å². The van der Waals surface area contributed by atoms with Crippen molar-refractivity contribution in [2.45, 2.75) is 25.6 Å². The van der Waals surface area contributed by atoms with E-state index in [1.807, 2.05) is 0 Å². The van der Waals surface area contributed by atoms with E-state index in [2.05, 4.69) is 9.71 Å². The van der Waals surface area contributed by atoms with E-state index in [0.29, 0.717) is 25.2 Å². The number of methoxy groups -OCH3 is 1. The van der Waals surface area contributed by atoms with Crippen LogP contribution in [0.15, 0.2) is 6.20 Å². The fourth-order valence-electron chi connectivity index (χ4n) is 2.33. The maximum atomic E-state index is 12.6. The molecule has 0 amide bonds. The molecule has 0 radical (unpaired) electrons. The molecule has 0 bridgehead atoms. The van der Waals surface area contributed by atoms with Crippen LogP contribution in [0, 0.1) is 5.92 Å². The molecule has 0 spiro atoms. The number of sulfonamides is 1. The third kappa shape index (κ3) is 4.43. The number of nitrogens with one attached hydrogen (secondary N) is 1. The van der Waals surface area contributed by atoms with E-state index in [9.17, 15) is 21.6 Å². The number of ether oxygens (including phenoxy) is 1. The minimum absolute atomic E-state index is 0.0555. The van der Waals surface area contributed by atoms with Gasteiger partial charge >= 0.3 is 6.18 Å². The smallest absolute Gasteiger partial charge is 0.384 e. The Labute approximate surface area is 126 Å². The molecule has 0 saturated heterocycles. The molecule has 22 heavy (non-hydrogen) atoms. The highest BCUT2D eigenvalue weighted by molar-refractivity contribution is 7.89. The Bertz CT molecular complexity index is 613. The number of rotatable bonds is 6. The molecule has 1 aliphatic rings. The molecule has 0 unspecified atom stereocenters. The predicted molar refractivity (Wildman–Crippen MR) is 72.7 cm³/mol. The van der Waals surface area contributed by atoms with Crippen LogP contribution in [-0.2, 0) is 33.9 Å². The van der Waals surface area contributed by atoms with Gasteiger partial charge in [-0.1, -0.05) is 0 Å². The standard InChI is InChI=1S/C12H18F3N3O3S/c1-21-4-5-22(19,20)16-6-9-2-3-11-17-10(12(13,14)15)8-18(11)7-9/h8-9,16H,2-7H2,1H3/t9-/m1/s1. The maximum absolute atomic E-state index is 12.6. The van der Waals surface area contributed by atoms with Crippen LogP contribution in [0.2, 0.25) is 0 Å². The van der Waals surface area contributed by atoms with E-state index in [4.69, 9.17) is 4.74 Å². The number of imidazole rings is 1. The number of aryl methyl sites for hydroxylation is 1. The highest BCUT2D eigenvalue weighted by atomic mass is 32.2. The third-order valence-corrected chi connectivity index (χ3v) is 4.84. The van der Waals surface area contributed by atoms with Crippen LogP contribution in [0.1, 0.15) is 17.9 Å². The molecule has 126 valence electrons. The number of fused-ring (bicyclic) bond motifs is 1. The second-order valence-electron chi connectivity index (χ2n) is 5.26.